The molecule has 1 aliphatic rings. The molecule has 110 valence electrons. The number of carbonyl (C=O) groups excluding carboxylic acids is 1. The van der Waals surface area contributed by atoms with Gasteiger partial charge >= 0.3 is 0 Å². The number of amides is 1. The lowest BCUT2D eigenvalue weighted by Gasteiger charge is -2.34. The number of carbonyl (C=O) groups is 1. The van der Waals surface area contributed by atoms with Crippen molar-refractivity contribution in [2.24, 2.45) is 11.8 Å². The molecule has 2 rings (SSSR count). The zero-order valence-corrected chi connectivity index (χ0v) is 13.0. The number of rotatable bonds is 3. The van der Waals surface area contributed by atoms with Crippen LogP contribution >= 0.6 is 0 Å². The summed E-state index contributed by atoms with van der Waals surface area (Å²) >= 11 is 0. The number of benzene rings is 1. The molecule has 20 heavy (non-hydrogen) atoms. The summed E-state index contributed by atoms with van der Waals surface area (Å²) in [7, 11) is 3.55. The normalized spacial score (nSPS) is 26.1. The Kier molecular flexibility index (Phi) is 4.69. The van der Waals surface area contributed by atoms with E-state index in [-0.39, 0.29) is 5.91 Å². The first-order valence-corrected chi connectivity index (χ1v) is 7.55. The largest absolute Gasteiger partial charge is 0.382 e. The average molecular weight is 274 g/mol. The zero-order valence-electron chi connectivity index (χ0n) is 13.0. The number of hydrogen-bond donors (Lipinski definition) is 1. The van der Waals surface area contributed by atoms with Crippen LogP contribution in [0.2, 0.25) is 0 Å². The third-order valence-corrected chi connectivity index (χ3v) is 4.35. The van der Waals surface area contributed by atoms with Gasteiger partial charge in [-0.2, -0.15) is 0 Å². The molecule has 1 N–H and O–H groups in total. The quantitative estimate of drug-likeness (QED) is 0.913. The minimum absolute atomic E-state index is 0.0520. The van der Waals surface area contributed by atoms with Crippen LogP contribution in [0.4, 0.5) is 5.69 Å². The maximum absolute atomic E-state index is 11.8. The van der Waals surface area contributed by atoms with Crippen molar-refractivity contribution >= 4 is 11.6 Å². The molecule has 0 aliphatic heterocycles. The SMILES string of the molecule is CC1CCC(C)C(Nc2ccc(C(=O)N(C)C)cc2)C1. The Morgan fingerprint density at radius 3 is 2.40 bits per heavy atom. The molecule has 0 spiro atoms. The second-order valence-electron chi connectivity index (χ2n) is 6.42. The zero-order chi connectivity index (χ0) is 14.7. The maximum atomic E-state index is 11.8. The van der Waals surface area contributed by atoms with E-state index in [9.17, 15) is 4.79 Å². The molecule has 1 aromatic rings. The predicted molar refractivity (Wildman–Crippen MR) is 84.0 cm³/mol. The summed E-state index contributed by atoms with van der Waals surface area (Å²) in [5.41, 5.74) is 1.86. The predicted octanol–water partition coefficient (Wildman–Crippen LogP) is 3.63. The van der Waals surface area contributed by atoms with Gasteiger partial charge in [0.25, 0.3) is 5.91 Å². The Hall–Kier alpha value is -1.51. The average Bonchev–Trinajstić information content (AvgIpc) is 2.43. The van der Waals surface area contributed by atoms with Crippen LogP contribution in [0.1, 0.15) is 43.5 Å². The third kappa shape index (κ3) is 3.53. The second-order valence-corrected chi connectivity index (χ2v) is 6.42. The first-order chi connectivity index (χ1) is 9.47. The molecular formula is C17H26N2O. The minimum atomic E-state index is 0.0520. The van der Waals surface area contributed by atoms with E-state index >= 15 is 0 Å². The van der Waals surface area contributed by atoms with E-state index in [1.165, 1.54) is 19.3 Å². The summed E-state index contributed by atoms with van der Waals surface area (Å²) in [5.74, 6) is 1.57. The van der Waals surface area contributed by atoms with Gasteiger partial charge in [0, 0.05) is 31.4 Å². The van der Waals surface area contributed by atoms with Crippen LogP contribution in [-0.4, -0.2) is 30.9 Å². The van der Waals surface area contributed by atoms with Crippen molar-refractivity contribution in [3.8, 4) is 0 Å². The molecule has 3 heteroatoms. The minimum Gasteiger partial charge on any atom is -0.382 e. The van der Waals surface area contributed by atoms with E-state index in [0.29, 0.717) is 12.0 Å². The molecule has 0 bridgehead atoms. The van der Waals surface area contributed by atoms with Crippen molar-refractivity contribution in [3.63, 3.8) is 0 Å². The lowest BCUT2D eigenvalue weighted by atomic mass is 9.80. The molecule has 1 fully saturated rings. The lowest BCUT2D eigenvalue weighted by molar-refractivity contribution is 0.0827. The van der Waals surface area contributed by atoms with Gasteiger partial charge in [0.2, 0.25) is 0 Å². The molecule has 1 aromatic carbocycles. The number of anilines is 1. The summed E-state index contributed by atoms with van der Waals surface area (Å²) in [6.07, 6.45) is 3.88. The fraction of sp³-hybridized carbons (Fsp3) is 0.588. The van der Waals surface area contributed by atoms with Gasteiger partial charge in [-0.15, -0.1) is 0 Å². The fourth-order valence-corrected chi connectivity index (χ4v) is 2.91. The van der Waals surface area contributed by atoms with Crippen molar-refractivity contribution in [2.45, 2.75) is 39.2 Å². The fourth-order valence-electron chi connectivity index (χ4n) is 2.91. The molecule has 1 amide bonds. The lowest BCUT2D eigenvalue weighted by Crippen LogP contribution is -2.33. The highest BCUT2D eigenvalue weighted by atomic mass is 16.2. The molecule has 3 unspecified atom stereocenters. The van der Waals surface area contributed by atoms with Crippen molar-refractivity contribution < 1.29 is 4.79 Å². The van der Waals surface area contributed by atoms with Gasteiger partial charge in [-0.05, 0) is 48.9 Å². The van der Waals surface area contributed by atoms with Gasteiger partial charge in [0.05, 0.1) is 0 Å². The van der Waals surface area contributed by atoms with E-state index in [2.05, 4.69) is 19.2 Å². The Balaban J connectivity index is 2.01. The molecular weight excluding hydrogens is 248 g/mol. The van der Waals surface area contributed by atoms with E-state index in [0.717, 1.165) is 17.2 Å². The number of nitrogens with zero attached hydrogens (tertiary/aromatic N) is 1. The van der Waals surface area contributed by atoms with Crippen LogP contribution in [-0.2, 0) is 0 Å². The van der Waals surface area contributed by atoms with Crippen LogP contribution in [0.15, 0.2) is 24.3 Å². The Morgan fingerprint density at radius 1 is 1.15 bits per heavy atom. The summed E-state index contributed by atoms with van der Waals surface area (Å²) < 4.78 is 0. The van der Waals surface area contributed by atoms with Crippen molar-refractivity contribution in [1.29, 1.82) is 0 Å². The summed E-state index contributed by atoms with van der Waals surface area (Å²) in [6.45, 7) is 4.66. The third-order valence-electron chi connectivity index (χ3n) is 4.35. The highest BCUT2D eigenvalue weighted by Crippen LogP contribution is 2.30. The summed E-state index contributed by atoms with van der Waals surface area (Å²) in [4.78, 5) is 13.5. The van der Waals surface area contributed by atoms with Crippen molar-refractivity contribution in [2.75, 3.05) is 19.4 Å². The number of nitrogens with one attached hydrogen (secondary N) is 1. The smallest absolute Gasteiger partial charge is 0.253 e. The molecule has 0 saturated heterocycles. The first-order valence-electron chi connectivity index (χ1n) is 7.55. The second kappa shape index (κ2) is 6.29. The highest BCUT2D eigenvalue weighted by molar-refractivity contribution is 5.94. The van der Waals surface area contributed by atoms with Crippen LogP contribution in [0.25, 0.3) is 0 Å². The Bertz CT molecular complexity index is 453. The Morgan fingerprint density at radius 2 is 1.80 bits per heavy atom. The van der Waals surface area contributed by atoms with E-state index in [4.69, 9.17) is 0 Å². The van der Waals surface area contributed by atoms with Crippen LogP contribution < -0.4 is 5.32 Å². The van der Waals surface area contributed by atoms with Crippen LogP contribution in [0.5, 0.6) is 0 Å². The Labute approximate surface area is 122 Å². The molecule has 1 aliphatic carbocycles. The van der Waals surface area contributed by atoms with Gasteiger partial charge in [0.15, 0.2) is 0 Å². The molecule has 0 aromatic heterocycles. The molecule has 0 radical (unpaired) electrons. The first kappa shape index (κ1) is 14.9. The van der Waals surface area contributed by atoms with Gasteiger partial charge < -0.3 is 10.2 Å². The number of hydrogen-bond acceptors (Lipinski definition) is 2. The topological polar surface area (TPSA) is 32.3 Å². The summed E-state index contributed by atoms with van der Waals surface area (Å²) in [6, 6.07) is 8.39. The maximum Gasteiger partial charge on any atom is 0.253 e. The monoisotopic (exact) mass is 274 g/mol. The standard InChI is InChI=1S/C17H26N2O/c1-12-5-6-13(2)16(11-12)18-15-9-7-14(8-10-15)17(20)19(3)4/h7-10,12-13,16,18H,5-6,11H2,1-4H3. The van der Waals surface area contributed by atoms with E-state index in [1.807, 2.05) is 24.3 Å². The molecule has 3 atom stereocenters. The molecule has 0 heterocycles. The summed E-state index contributed by atoms with van der Waals surface area (Å²) in [5, 5.41) is 3.63. The van der Waals surface area contributed by atoms with Gasteiger partial charge in [-0.3, -0.25) is 4.79 Å². The van der Waals surface area contributed by atoms with Crippen LogP contribution in [0.3, 0.4) is 0 Å². The van der Waals surface area contributed by atoms with Crippen molar-refractivity contribution in [1.82, 2.24) is 4.90 Å². The highest BCUT2D eigenvalue weighted by Gasteiger charge is 2.25. The molecule has 3 nitrogen and oxygen atoms in total. The van der Waals surface area contributed by atoms with Crippen LogP contribution in [0, 0.1) is 11.8 Å². The van der Waals surface area contributed by atoms with E-state index < -0.39 is 0 Å². The van der Waals surface area contributed by atoms with Gasteiger partial charge in [-0.25, -0.2) is 0 Å². The molecule has 1 saturated carbocycles. The van der Waals surface area contributed by atoms with E-state index in [1.54, 1.807) is 19.0 Å². The van der Waals surface area contributed by atoms with Crippen molar-refractivity contribution in [3.05, 3.63) is 29.8 Å². The van der Waals surface area contributed by atoms with Gasteiger partial charge in [-0.1, -0.05) is 20.3 Å². The van der Waals surface area contributed by atoms with Gasteiger partial charge in [0.1, 0.15) is 0 Å².